The van der Waals surface area contributed by atoms with E-state index in [1.54, 1.807) is 0 Å². The largest absolute Gasteiger partial charge is 0.143 e. The van der Waals surface area contributed by atoms with Crippen molar-refractivity contribution in [3.63, 3.8) is 0 Å². The van der Waals surface area contributed by atoms with Gasteiger partial charge in [-0.2, -0.15) is 0 Å². The second-order valence-electron chi connectivity index (χ2n) is 6.23. The first-order chi connectivity index (χ1) is 10.9. The fourth-order valence-electron chi connectivity index (χ4n) is 2.87. The van der Waals surface area contributed by atoms with E-state index in [1.165, 1.54) is 85.9 Å². The van der Waals surface area contributed by atoms with Crippen LogP contribution in [-0.2, 0) is 6.42 Å². The Hall–Kier alpha value is -0.600. The normalized spacial score (nSPS) is 11.1. The lowest BCUT2D eigenvalue weighted by molar-refractivity contribution is 0.556. The zero-order valence-electron chi connectivity index (χ0n) is 14.0. The first-order valence-corrected chi connectivity index (χ1v) is 10.8. The van der Waals surface area contributed by atoms with Crippen molar-refractivity contribution in [2.45, 2.75) is 77.6 Å². The smallest absolute Gasteiger partial charge is 0.0445 e. The van der Waals surface area contributed by atoms with Crippen LogP contribution in [0.1, 0.15) is 76.7 Å². The minimum absolute atomic E-state index is 1.26. The zero-order chi connectivity index (χ0) is 15.5. The minimum atomic E-state index is 1.26. The molecule has 2 rings (SSSR count). The maximum atomic E-state index is 2.39. The van der Waals surface area contributed by atoms with Crippen LogP contribution in [0.3, 0.4) is 0 Å². The van der Waals surface area contributed by atoms with Gasteiger partial charge in [-0.25, -0.2) is 0 Å². The molecule has 0 amide bonds. The quantitative estimate of drug-likeness (QED) is 0.345. The Morgan fingerprint density at radius 3 is 2.09 bits per heavy atom. The summed E-state index contributed by atoms with van der Waals surface area (Å²) in [4.78, 5) is 2.86. The summed E-state index contributed by atoms with van der Waals surface area (Å²) in [6.07, 6.45) is 15.5. The molecule has 2 aromatic heterocycles. The zero-order valence-corrected chi connectivity index (χ0v) is 15.6. The van der Waals surface area contributed by atoms with Crippen LogP contribution in [0.25, 0.3) is 9.75 Å². The lowest BCUT2D eigenvalue weighted by Crippen LogP contribution is -1.84. The van der Waals surface area contributed by atoms with Crippen LogP contribution < -0.4 is 0 Å². The molecule has 2 heterocycles. The molecule has 0 aromatic carbocycles. The van der Waals surface area contributed by atoms with E-state index in [4.69, 9.17) is 0 Å². The lowest BCUT2D eigenvalue weighted by atomic mass is 10.0. The molecule has 0 radical (unpaired) electrons. The summed E-state index contributed by atoms with van der Waals surface area (Å²) < 4.78 is 0. The molecule has 0 aliphatic rings. The van der Waals surface area contributed by atoms with E-state index >= 15 is 0 Å². The highest BCUT2D eigenvalue weighted by Gasteiger charge is 2.03. The molecule has 0 aliphatic carbocycles. The van der Waals surface area contributed by atoms with Gasteiger partial charge in [-0.05, 0) is 41.3 Å². The Bertz CT molecular complexity index is 482. The monoisotopic (exact) mass is 334 g/mol. The minimum Gasteiger partial charge on any atom is -0.143 e. The number of thiophene rings is 2. The van der Waals surface area contributed by atoms with E-state index in [0.29, 0.717) is 0 Å². The average Bonchev–Trinajstić information content (AvgIpc) is 3.19. The lowest BCUT2D eigenvalue weighted by Gasteiger charge is -2.02. The topological polar surface area (TPSA) is 0 Å². The third-order valence-corrected chi connectivity index (χ3v) is 6.28. The molecule has 0 fully saturated rings. The predicted molar refractivity (Wildman–Crippen MR) is 103 cm³/mol. The summed E-state index contributed by atoms with van der Waals surface area (Å²) >= 11 is 3.74. The molecule has 0 saturated carbocycles. The molecule has 0 bridgehead atoms. The molecular weight excluding hydrogens is 304 g/mol. The van der Waals surface area contributed by atoms with Gasteiger partial charge in [0.1, 0.15) is 0 Å². The molecule has 0 aliphatic heterocycles. The third-order valence-electron chi connectivity index (χ3n) is 4.24. The van der Waals surface area contributed by atoms with Gasteiger partial charge in [0.15, 0.2) is 0 Å². The molecule has 122 valence electrons. The summed E-state index contributed by atoms with van der Waals surface area (Å²) in [5.41, 5.74) is 1.54. The van der Waals surface area contributed by atoms with Crippen LogP contribution >= 0.6 is 22.7 Å². The summed E-state index contributed by atoms with van der Waals surface area (Å²) in [6, 6.07) is 6.76. The molecule has 2 aromatic rings. The third kappa shape index (κ3) is 6.66. The first-order valence-electron chi connectivity index (χ1n) is 9.01. The van der Waals surface area contributed by atoms with Gasteiger partial charge in [0, 0.05) is 9.75 Å². The van der Waals surface area contributed by atoms with Crippen LogP contribution in [0, 0.1) is 0 Å². The predicted octanol–water partition coefficient (Wildman–Crippen LogP) is 7.94. The Morgan fingerprint density at radius 1 is 0.773 bits per heavy atom. The van der Waals surface area contributed by atoms with E-state index < -0.39 is 0 Å². The summed E-state index contributed by atoms with van der Waals surface area (Å²) in [5.74, 6) is 0. The van der Waals surface area contributed by atoms with Crippen molar-refractivity contribution >= 4 is 22.7 Å². The highest BCUT2D eigenvalue weighted by atomic mass is 32.1. The molecule has 0 N–H and O–H groups in total. The second-order valence-corrected chi connectivity index (χ2v) is 8.09. The van der Waals surface area contributed by atoms with Crippen LogP contribution in [0.15, 0.2) is 29.0 Å². The number of unbranched alkanes of at least 4 members (excludes halogenated alkanes) is 9. The molecule has 0 saturated heterocycles. The number of rotatable bonds is 12. The van der Waals surface area contributed by atoms with Crippen LogP contribution in [0.5, 0.6) is 0 Å². The number of hydrogen-bond donors (Lipinski definition) is 0. The summed E-state index contributed by atoms with van der Waals surface area (Å²) in [5, 5.41) is 4.51. The molecule has 0 atom stereocenters. The Labute approximate surface area is 144 Å². The van der Waals surface area contributed by atoms with Crippen molar-refractivity contribution in [1.82, 2.24) is 0 Å². The van der Waals surface area contributed by atoms with E-state index in [0.717, 1.165) is 0 Å². The molecule has 22 heavy (non-hydrogen) atoms. The molecule has 0 spiro atoms. The van der Waals surface area contributed by atoms with Gasteiger partial charge in [0.05, 0.1) is 0 Å². The van der Waals surface area contributed by atoms with Gasteiger partial charge in [0.2, 0.25) is 0 Å². The highest BCUT2D eigenvalue weighted by Crippen LogP contribution is 2.31. The van der Waals surface area contributed by atoms with Crippen molar-refractivity contribution in [3.8, 4) is 9.75 Å². The molecule has 0 nitrogen and oxygen atoms in total. The fourth-order valence-corrected chi connectivity index (χ4v) is 4.66. The van der Waals surface area contributed by atoms with Gasteiger partial charge >= 0.3 is 0 Å². The van der Waals surface area contributed by atoms with Crippen molar-refractivity contribution in [3.05, 3.63) is 34.5 Å². The van der Waals surface area contributed by atoms with Crippen LogP contribution in [-0.4, -0.2) is 0 Å². The second kappa shape index (κ2) is 11.0. The Morgan fingerprint density at radius 2 is 1.45 bits per heavy atom. The van der Waals surface area contributed by atoms with Gasteiger partial charge < -0.3 is 0 Å². The molecular formula is C20H30S2. The standard InChI is InChI=1S/C20H30S2/c1-2-3-4-5-6-7-8-9-10-11-13-18-16-20(22-17-18)19-14-12-15-21-19/h12,14-17H,2-11,13H2,1H3. The maximum absolute atomic E-state index is 2.39. The van der Waals surface area contributed by atoms with Crippen molar-refractivity contribution in [2.24, 2.45) is 0 Å². The number of aryl methyl sites for hydroxylation is 1. The van der Waals surface area contributed by atoms with E-state index in [1.807, 2.05) is 22.7 Å². The van der Waals surface area contributed by atoms with Crippen molar-refractivity contribution < 1.29 is 0 Å². The van der Waals surface area contributed by atoms with E-state index in [-0.39, 0.29) is 0 Å². The maximum Gasteiger partial charge on any atom is 0.0445 e. The van der Waals surface area contributed by atoms with Crippen LogP contribution in [0.2, 0.25) is 0 Å². The molecule has 0 unspecified atom stereocenters. The highest BCUT2D eigenvalue weighted by molar-refractivity contribution is 7.20. The first kappa shape index (κ1) is 17.7. The van der Waals surface area contributed by atoms with Gasteiger partial charge in [-0.1, -0.05) is 70.8 Å². The van der Waals surface area contributed by atoms with Gasteiger partial charge in [-0.15, -0.1) is 22.7 Å². The fraction of sp³-hybridized carbons (Fsp3) is 0.600. The van der Waals surface area contributed by atoms with Gasteiger partial charge in [0.25, 0.3) is 0 Å². The summed E-state index contributed by atoms with van der Waals surface area (Å²) in [7, 11) is 0. The summed E-state index contributed by atoms with van der Waals surface area (Å²) in [6.45, 7) is 2.29. The van der Waals surface area contributed by atoms with E-state index in [2.05, 4.69) is 35.9 Å². The number of hydrogen-bond acceptors (Lipinski definition) is 2. The molecule has 2 heteroatoms. The van der Waals surface area contributed by atoms with E-state index in [9.17, 15) is 0 Å². The van der Waals surface area contributed by atoms with Crippen molar-refractivity contribution in [1.29, 1.82) is 0 Å². The Kier molecular flexibility index (Phi) is 8.89. The van der Waals surface area contributed by atoms with Crippen molar-refractivity contribution in [2.75, 3.05) is 0 Å². The SMILES string of the molecule is CCCCCCCCCCCCc1csc(-c2cccs2)c1. The Balaban J connectivity index is 1.49. The van der Waals surface area contributed by atoms with Gasteiger partial charge in [-0.3, -0.25) is 0 Å². The van der Waals surface area contributed by atoms with Crippen LogP contribution in [0.4, 0.5) is 0 Å². The average molecular weight is 335 g/mol.